The number of carbonyl (C=O) groups excluding carboxylic acids is 2. The fraction of sp³-hybridized carbons (Fsp3) is 0.927. The molecule has 88 heavy (non-hydrogen) atoms. The van der Waals surface area contributed by atoms with Gasteiger partial charge in [-0.1, -0.05) is 417 Å². The van der Waals surface area contributed by atoms with Gasteiger partial charge in [-0.2, -0.15) is 0 Å². The van der Waals surface area contributed by atoms with Crippen LogP contribution in [0.25, 0.3) is 0 Å². The Bertz CT molecular complexity index is 1380. The van der Waals surface area contributed by atoms with Crippen LogP contribution in [-0.2, 0) is 14.3 Å². The molecule has 0 saturated heterocycles. The number of hydrogen-bond donors (Lipinski definition) is 3. The Labute approximate surface area is 551 Å². The van der Waals surface area contributed by atoms with Gasteiger partial charge in [-0.25, -0.2) is 0 Å². The second kappa shape index (κ2) is 77.8. The molecule has 0 heterocycles. The SMILES string of the molecule is CCCCCCCC/C=C\CCCCCCCCCC(=O)OCCCCCCCCCCCCCCCCCCCCCCCCCCCCCCCCCCCCCCCC(=O)NC(CO)C(O)/C=C/CCCCCCCCCCCCCCCCC. The molecule has 0 rings (SSSR count). The summed E-state index contributed by atoms with van der Waals surface area (Å²) in [5, 5.41) is 23.2. The maximum atomic E-state index is 12.5. The summed E-state index contributed by atoms with van der Waals surface area (Å²) in [6, 6.07) is -0.623. The Kier molecular flexibility index (Phi) is 76.3. The van der Waals surface area contributed by atoms with Gasteiger partial charge in [-0.3, -0.25) is 9.59 Å². The molecule has 6 nitrogen and oxygen atoms in total. The molecule has 522 valence electrons. The molecule has 0 aromatic heterocycles. The highest BCUT2D eigenvalue weighted by Crippen LogP contribution is 2.20. The molecular formula is C82H159NO5. The second-order valence-corrected chi connectivity index (χ2v) is 28.1. The third kappa shape index (κ3) is 73.4. The Morgan fingerprint density at radius 1 is 0.307 bits per heavy atom. The van der Waals surface area contributed by atoms with Crippen molar-refractivity contribution in [3.8, 4) is 0 Å². The molecule has 0 spiro atoms. The zero-order valence-electron chi connectivity index (χ0n) is 60.0. The van der Waals surface area contributed by atoms with Gasteiger partial charge in [0.1, 0.15) is 0 Å². The van der Waals surface area contributed by atoms with Crippen molar-refractivity contribution < 1.29 is 24.5 Å². The van der Waals surface area contributed by atoms with Gasteiger partial charge in [-0.15, -0.1) is 0 Å². The van der Waals surface area contributed by atoms with E-state index >= 15 is 0 Å². The summed E-state index contributed by atoms with van der Waals surface area (Å²) in [6.45, 7) is 4.95. The quantitative estimate of drug-likeness (QED) is 0.0320. The first-order chi connectivity index (χ1) is 43.5. The van der Waals surface area contributed by atoms with Crippen LogP contribution in [-0.4, -0.2) is 47.4 Å². The number of ether oxygens (including phenoxy) is 1. The van der Waals surface area contributed by atoms with Crippen molar-refractivity contribution in [3.63, 3.8) is 0 Å². The van der Waals surface area contributed by atoms with Gasteiger partial charge in [-0.05, 0) is 57.8 Å². The van der Waals surface area contributed by atoms with E-state index in [2.05, 4.69) is 31.3 Å². The minimum absolute atomic E-state index is 0.0208. The molecule has 0 fully saturated rings. The van der Waals surface area contributed by atoms with Crippen molar-refractivity contribution in [1.29, 1.82) is 0 Å². The average molecular weight is 1240 g/mol. The van der Waals surface area contributed by atoms with E-state index in [0.29, 0.717) is 19.4 Å². The van der Waals surface area contributed by atoms with Crippen molar-refractivity contribution >= 4 is 11.9 Å². The van der Waals surface area contributed by atoms with Crippen molar-refractivity contribution in [3.05, 3.63) is 24.3 Å². The van der Waals surface area contributed by atoms with Gasteiger partial charge in [0, 0.05) is 12.8 Å². The van der Waals surface area contributed by atoms with Crippen LogP contribution < -0.4 is 5.32 Å². The maximum Gasteiger partial charge on any atom is 0.305 e. The molecule has 0 bridgehead atoms. The van der Waals surface area contributed by atoms with Crippen LogP contribution in [0.4, 0.5) is 0 Å². The van der Waals surface area contributed by atoms with Crippen LogP contribution in [0, 0.1) is 0 Å². The molecule has 0 aliphatic heterocycles. The van der Waals surface area contributed by atoms with Crippen LogP contribution in [0.15, 0.2) is 24.3 Å². The van der Waals surface area contributed by atoms with Crippen LogP contribution in [0.5, 0.6) is 0 Å². The van der Waals surface area contributed by atoms with Crippen LogP contribution in [0.1, 0.15) is 463 Å². The van der Waals surface area contributed by atoms with E-state index in [9.17, 15) is 19.8 Å². The highest BCUT2D eigenvalue weighted by atomic mass is 16.5. The molecule has 1 amide bonds. The molecule has 0 aliphatic rings. The summed E-state index contributed by atoms with van der Waals surface area (Å²) in [4.78, 5) is 24.6. The lowest BCUT2D eigenvalue weighted by atomic mass is 10.0. The normalized spacial score (nSPS) is 12.5. The molecule has 0 aliphatic carbocycles. The first kappa shape index (κ1) is 86.3. The van der Waals surface area contributed by atoms with Crippen LogP contribution in [0.2, 0.25) is 0 Å². The molecule has 2 atom stereocenters. The zero-order chi connectivity index (χ0) is 63.5. The highest BCUT2D eigenvalue weighted by molar-refractivity contribution is 5.76. The number of unbranched alkanes of at least 4 members (excludes halogenated alkanes) is 64. The van der Waals surface area contributed by atoms with Gasteiger partial charge in [0.05, 0.1) is 25.4 Å². The molecule has 6 heteroatoms. The fourth-order valence-electron chi connectivity index (χ4n) is 13.0. The number of carbonyl (C=O) groups is 2. The number of allylic oxidation sites excluding steroid dienone is 3. The van der Waals surface area contributed by atoms with Gasteiger partial charge in [0.2, 0.25) is 5.91 Å². The lowest BCUT2D eigenvalue weighted by molar-refractivity contribution is -0.143. The Morgan fingerprint density at radius 2 is 0.534 bits per heavy atom. The number of esters is 1. The van der Waals surface area contributed by atoms with Gasteiger partial charge >= 0.3 is 5.97 Å². The largest absolute Gasteiger partial charge is 0.466 e. The molecule has 0 saturated carbocycles. The van der Waals surface area contributed by atoms with Crippen LogP contribution in [0.3, 0.4) is 0 Å². The number of rotatable bonds is 77. The molecular weight excluding hydrogens is 1080 g/mol. The van der Waals surface area contributed by atoms with Gasteiger partial charge in [0.15, 0.2) is 0 Å². The van der Waals surface area contributed by atoms with E-state index in [1.807, 2.05) is 6.08 Å². The average Bonchev–Trinajstić information content (AvgIpc) is 3.58. The summed E-state index contributed by atoms with van der Waals surface area (Å²) >= 11 is 0. The Morgan fingerprint density at radius 3 is 0.807 bits per heavy atom. The Hall–Kier alpha value is -1.66. The summed E-state index contributed by atoms with van der Waals surface area (Å²) < 4.78 is 5.51. The third-order valence-corrected chi connectivity index (χ3v) is 19.2. The molecule has 0 radical (unpaired) electrons. The van der Waals surface area contributed by atoms with Crippen molar-refractivity contribution in [2.24, 2.45) is 0 Å². The molecule has 2 unspecified atom stereocenters. The standard InChI is InChI=1S/C82H159NO5/c1-3-5-7-9-11-13-15-17-19-42-46-50-54-58-62-66-70-74-80(85)79(78-84)83-81(86)75-71-67-63-59-55-51-47-44-40-38-36-34-32-30-28-26-24-22-21-23-25-27-29-31-33-35-37-39-41-45-49-53-57-61-65-69-73-77-88-82(87)76-72-68-64-60-56-52-48-43-20-18-16-14-12-10-8-6-4-2/h18,20,70,74,79-80,84-85H,3-17,19,21-69,71-73,75-78H2,1-2H3,(H,83,86)/b20-18-,74-70+. The minimum Gasteiger partial charge on any atom is -0.466 e. The summed E-state index contributed by atoms with van der Waals surface area (Å²) in [7, 11) is 0. The highest BCUT2D eigenvalue weighted by Gasteiger charge is 2.18. The zero-order valence-corrected chi connectivity index (χ0v) is 60.0. The second-order valence-electron chi connectivity index (χ2n) is 28.1. The van der Waals surface area contributed by atoms with E-state index in [-0.39, 0.29) is 18.5 Å². The van der Waals surface area contributed by atoms with Gasteiger partial charge in [0.25, 0.3) is 0 Å². The Balaban J connectivity index is 3.30. The first-order valence-electron chi connectivity index (χ1n) is 40.6. The number of hydrogen-bond acceptors (Lipinski definition) is 5. The predicted octanol–water partition coefficient (Wildman–Crippen LogP) is 26.8. The van der Waals surface area contributed by atoms with Crippen molar-refractivity contribution in [1.82, 2.24) is 5.32 Å². The predicted molar refractivity (Wildman–Crippen MR) is 389 cm³/mol. The lowest BCUT2D eigenvalue weighted by Gasteiger charge is -2.20. The molecule has 0 aromatic carbocycles. The van der Waals surface area contributed by atoms with E-state index < -0.39 is 12.1 Å². The van der Waals surface area contributed by atoms with Crippen LogP contribution >= 0.6 is 0 Å². The monoisotopic (exact) mass is 1240 g/mol. The van der Waals surface area contributed by atoms with E-state index in [4.69, 9.17) is 4.74 Å². The summed E-state index contributed by atoms with van der Waals surface area (Å²) in [5.41, 5.74) is 0. The van der Waals surface area contributed by atoms with Crippen molar-refractivity contribution in [2.75, 3.05) is 13.2 Å². The first-order valence-corrected chi connectivity index (χ1v) is 40.6. The van der Waals surface area contributed by atoms with E-state index in [1.165, 1.54) is 398 Å². The minimum atomic E-state index is -0.840. The maximum absolute atomic E-state index is 12.5. The summed E-state index contributed by atoms with van der Waals surface area (Å²) in [6.07, 6.45) is 100. The number of nitrogens with one attached hydrogen (secondary N) is 1. The lowest BCUT2D eigenvalue weighted by Crippen LogP contribution is -2.45. The van der Waals surface area contributed by atoms with Crippen molar-refractivity contribution in [2.45, 2.75) is 475 Å². The summed E-state index contributed by atoms with van der Waals surface area (Å²) in [5.74, 6) is -0.0375. The topological polar surface area (TPSA) is 95.9 Å². The molecule has 0 aromatic rings. The molecule has 3 N–H and O–H groups in total. The fourth-order valence-corrected chi connectivity index (χ4v) is 13.0. The smallest absolute Gasteiger partial charge is 0.305 e. The van der Waals surface area contributed by atoms with Gasteiger partial charge < -0.3 is 20.3 Å². The number of aliphatic hydroxyl groups excluding tert-OH is 2. The number of aliphatic hydroxyl groups is 2. The number of amides is 1. The van der Waals surface area contributed by atoms with E-state index in [0.717, 1.165) is 38.5 Å². The third-order valence-electron chi connectivity index (χ3n) is 19.2. The van der Waals surface area contributed by atoms with E-state index in [1.54, 1.807) is 6.08 Å².